The van der Waals surface area contributed by atoms with Crippen LogP contribution in [0.2, 0.25) is 0 Å². The molecule has 1 N–H and O–H groups in total. The van der Waals surface area contributed by atoms with Crippen molar-refractivity contribution in [1.82, 2.24) is 4.90 Å². The summed E-state index contributed by atoms with van der Waals surface area (Å²) in [5.41, 5.74) is 0. The number of ether oxygens (including phenoxy) is 1. The second-order valence-corrected chi connectivity index (χ2v) is 11.0. The number of Topliss-reactive ketones (excluding diaryl/α,β-unsaturated/α-hetero) is 1. The summed E-state index contributed by atoms with van der Waals surface area (Å²) in [7, 11) is 1.47. The summed E-state index contributed by atoms with van der Waals surface area (Å²) < 4.78 is 15.2. The Morgan fingerprint density at radius 1 is 0.971 bits per heavy atom. The van der Waals surface area contributed by atoms with Gasteiger partial charge in [0.2, 0.25) is 0 Å². The minimum atomic E-state index is -0.378. The maximum absolute atomic E-state index is 10.9. The molecule has 3 rings (SSSR count). The molecule has 3 fully saturated rings. The number of nitrogens with zero attached hydrogens (tertiary/aromatic N) is 1. The van der Waals surface area contributed by atoms with Crippen LogP contribution in [0, 0.1) is 23.7 Å². The molecule has 0 spiro atoms. The lowest BCUT2D eigenvalue weighted by atomic mass is 9.80. The highest BCUT2D eigenvalue weighted by Gasteiger charge is 2.26. The Kier molecular flexibility index (Phi) is 21.4. The van der Waals surface area contributed by atoms with Crippen molar-refractivity contribution >= 4 is 5.78 Å². The molecule has 1 unspecified atom stereocenters. The molecule has 4 nitrogen and oxygen atoms in total. The van der Waals surface area contributed by atoms with Gasteiger partial charge in [0.1, 0.15) is 13.3 Å². The number of hydrogen-bond acceptors (Lipinski definition) is 4. The number of carbonyl (C=O) groups is 1. The highest BCUT2D eigenvalue weighted by molar-refractivity contribution is 5.76. The minimum Gasteiger partial charge on any atom is -0.389 e. The number of aliphatic hydroxyl groups excluding tert-OH is 1. The Morgan fingerprint density at radius 3 is 1.85 bits per heavy atom. The van der Waals surface area contributed by atoms with Crippen LogP contribution in [0.4, 0.5) is 4.39 Å². The third-order valence-electron chi connectivity index (χ3n) is 7.92. The number of ketones is 1. The monoisotopic (exact) mass is 487 g/mol. The van der Waals surface area contributed by atoms with Crippen LogP contribution in [-0.4, -0.2) is 61.9 Å². The summed E-state index contributed by atoms with van der Waals surface area (Å²) in [5.74, 6) is 3.84. The predicted octanol–water partition coefficient (Wildman–Crippen LogP) is 7.08. The van der Waals surface area contributed by atoms with Crippen molar-refractivity contribution < 1.29 is 19.0 Å². The normalized spacial score (nSPS) is 24.9. The van der Waals surface area contributed by atoms with Gasteiger partial charge < -0.3 is 14.7 Å². The average molecular weight is 488 g/mol. The van der Waals surface area contributed by atoms with Crippen LogP contribution in [0.3, 0.4) is 0 Å². The summed E-state index contributed by atoms with van der Waals surface area (Å²) >= 11 is 0. The zero-order valence-electron chi connectivity index (χ0n) is 23.5. The SMILES string of the molecule is CC(=O)CO.CC1CCC(N2CCC(C)CC2)CC1.CCC(C)C1CCCCC1.COCCF. The summed E-state index contributed by atoms with van der Waals surface area (Å²) in [5, 5.41) is 7.79. The molecule has 204 valence electrons. The molecule has 1 aliphatic heterocycles. The smallest absolute Gasteiger partial charge is 0.155 e. The number of likely N-dealkylation sites (tertiary alicyclic amines) is 1. The summed E-state index contributed by atoms with van der Waals surface area (Å²) in [4.78, 5) is 12.3. The van der Waals surface area contributed by atoms with E-state index in [-0.39, 0.29) is 25.7 Å². The zero-order valence-corrected chi connectivity index (χ0v) is 23.5. The molecule has 0 amide bonds. The third kappa shape index (κ3) is 17.0. The number of hydrogen-bond donors (Lipinski definition) is 1. The number of aliphatic hydroxyl groups is 1. The van der Waals surface area contributed by atoms with Crippen LogP contribution >= 0.6 is 0 Å². The molecule has 0 bridgehead atoms. The molecular formula is C29H58FNO3. The molecule has 0 aromatic rings. The molecule has 0 aromatic heterocycles. The van der Waals surface area contributed by atoms with Crippen molar-refractivity contribution in [2.45, 2.75) is 118 Å². The van der Waals surface area contributed by atoms with E-state index >= 15 is 0 Å². The van der Waals surface area contributed by atoms with E-state index in [1.807, 2.05) is 0 Å². The lowest BCUT2D eigenvalue weighted by Gasteiger charge is -2.39. The quantitative estimate of drug-likeness (QED) is 0.435. The van der Waals surface area contributed by atoms with E-state index in [0.29, 0.717) is 0 Å². The second-order valence-electron chi connectivity index (χ2n) is 11.0. The molecular weight excluding hydrogens is 429 g/mol. The van der Waals surface area contributed by atoms with E-state index in [1.165, 1.54) is 104 Å². The van der Waals surface area contributed by atoms with Gasteiger partial charge in [-0.1, -0.05) is 66.2 Å². The van der Waals surface area contributed by atoms with Crippen LogP contribution in [-0.2, 0) is 9.53 Å². The van der Waals surface area contributed by atoms with Gasteiger partial charge in [-0.25, -0.2) is 4.39 Å². The average Bonchev–Trinajstić information content (AvgIpc) is 2.87. The fourth-order valence-corrected chi connectivity index (χ4v) is 5.12. The van der Waals surface area contributed by atoms with Gasteiger partial charge >= 0.3 is 0 Å². The van der Waals surface area contributed by atoms with Gasteiger partial charge in [-0.15, -0.1) is 0 Å². The van der Waals surface area contributed by atoms with Crippen LogP contribution in [0.15, 0.2) is 0 Å². The minimum absolute atomic E-state index is 0.190. The van der Waals surface area contributed by atoms with Gasteiger partial charge in [0.25, 0.3) is 0 Å². The van der Waals surface area contributed by atoms with E-state index in [2.05, 4.69) is 37.3 Å². The van der Waals surface area contributed by atoms with Crippen molar-refractivity contribution in [3.63, 3.8) is 0 Å². The van der Waals surface area contributed by atoms with Gasteiger partial charge in [0.15, 0.2) is 5.78 Å². The molecule has 1 heterocycles. The van der Waals surface area contributed by atoms with Crippen LogP contribution in [0.5, 0.6) is 0 Å². The fourth-order valence-electron chi connectivity index (χ4n) is 5.12. The molecule has 2 saturated carbocycles. The fraction of sp³-hybridized carbons (Fsp3) is 0.966. The van der Waals surface area contributed by atoms with Crippen molar-refractivity contribution in [3.05, 3.63) is 0 Å². The largest absolute Gasteiger partial charge is 0.389 e. The first-order chi connectivity index (χ1) is 16.3. The maximum atomic E-state index is 10.9. The van der Waals surface area contributed by atoms with Crippen LogP contribution in [0.1, 0.15) is 112 Å². The Morgan fingerprint density at radius 2 is 1.47 bits per heavy atom. The van der Waals surface area contributed by atoms with Gasteiger partial charge in [0.05, 0.1) is 6.61 Å². The highest BCUT2D eigenvalue weighted by atomic mass is 19.1. The van der Waals surface area contributed by atoms with Gasteiger partial charge in [-0.05, 0) is 82.2 Å². The molecule has 1 atom stereocenters. The highest BCUT2D eigenvalue weighted by Crippen LogP contribution is 2.31. The maximum Gasteiger partial charge on any atom is 0.155 e. The molecule has 3 aliphatic rings. The zero-order chi connectivity index (χ0) is 25.8. The Labute approximate surface area is 211 Å². The van der Waals surface area contributed by atoms with Gasteiger partial charge in [0, 0.05) is 13.2 Å². The molecule has 0 aromatic carbocycles. The Balaban J connectivity index is 0.000000476. The summed E-state index contributed by atoms with van der Waals surface area (Å²) in [6, 6.07) is 0.943. The topological polar surface area (TPSA) is 49.8 Å². The van der Waals surface area contributed by atoms with Crippen molar-refractivity contribution in [3.8, 4) is 0 Å². The first-order valence-electron chi connectivity index (χ1n) is 14.2. The van der Waals surface area contributed by atoms with Crippen molar-refractivity contribution in [2.75, 3.05) is 40.1 Å². The molecule has 34 heavy (non-hydrogen) atoms. The van der Waals surface area contributed by atoms with Crippen molar-refractivity contribution in [2.24, 2.45) is 23.7 Å². The number of halogens is 1. The number of alkyl halides is 1. The lowest BCUT2D eigenvalue weighted by Crippen LogP contribution is -2.42. The Hall–Kier alpha value is -0.520. The number of piperidine rings is 1. The first-order valence-corrected chi connectivity index (χ1v) is 14.2. The lowest BCUT2D eigenvalue weighted by molar-refractivity contribution is -0.119. The van der Waals surface area contributed by atoms with E-state index < -0.39 is 0 Å². The van der Waals surface area contributed by atoms with E-state index in [4.69, 9.17) is 5.11 Å². The van der Waals surface area contributed by atoms with E-state index in [1.54, 1.807) is 0 Å². The number of carbonyl (C=O) groups excluding carboxylic acids is 1. The second kappa shape index (κ2) is 21.7. The predicted molar refractivity (Wildman–Crippen MR) is 143 cm³/mol. The van der Waals surface area contributed by atoms with Crippen LogP contribution < -0.4 is 0 Å². The number of rotatable bonds is 6. The summed E-state index contributed by atoms with van der Waals surface area (Å²) in [6.07, 6.45) is 17.6. The molecule has 5 heteroatoms. The first kappa shape index (κ1) is 33.5. The van der Waals surface area contributed by atoms with Crippen LogP contribution in [0.25, 0.3) is 0 Å². The summed E-state index contributed by atoms with van der Waals surface area (Å²) in [6.45, 7) is 13.1. The van der Waals surface area contributed by atoms with E-state index in [9.17, 15) is 9.18 Å². The molecule has 0 radical (unpaired) electrons. The van der Waals surface area contributed by atoms with Crippen molar-refractivity contribution in [1.29, 1.82) is 0 Å². The standard InChI is InChI=1S/C13H25N.C10H20.C3H7FO.C3H6O2/c1-11-3-5-13(6-4-11)14-9-7-12(2)8-10-14;1-3-9(2)10-7-5-4-6-8-10;1-5-3-2-4;1-3(5)2-4/h11-13H,3-10H2,1-2H3;9-10H,3-8H2,1-2H3;2-3H2,1H3;4H,2H2,1H3. The number of methoxy groups -OCH3 is 1. The van der Waals surface area contributed by atoms with E-state index in [0.717, 1.165) is 29.7 Å². The Bertz CT molecular complexity index is 432. The molecule has 1 saturated heterocycles. The third-order valence-corrected chi connectivity index (χ3v) is 7.92. The van der Waals surface area contributed by atoms with Gasteiger partial charge in [-0.3, -0.25) is 4.79 Å². The molecule has 2 aliphatic carbocycles. The van der Waals surface area contributed by atoms with Gasteiger partial charge in [-0.2, -0.15) is 0 Å².